The van der Waals surface area contributed by atoms with Crippen molar-refractivity contribution in [1.29, 1.82) is 0 Å². The van der Waals surface area contributed by atoms with E-state index in [2.05, 4.69) is 10.3 Å². The minimum atomic E-state index is -4.38. The third-order valence-corrected chi connectivity index (χ3v) is 3.35. The molecule has 8 nitrogen and oxygen atoms in total. The van der Waals surface area contributed by atoms with E-state index in [4.69, 9.17) is 0 Å². The summed E-state index contributed by atoms with van der Waals surface area (Å²) in [6.45, 7) is -1.34. The largest absolute Gasteiger partial charge is 0.406 e. The molecule has 0 saturated carbocycles. The third-order valence-electron chi connectivity index (χ3n) is 3.35. The van der Waals surface area contributed by atoms with Crippen LogP contribution in [0.5, 0.6) is 0 Å². The van der Waals surface area contributed by atoms with Crippen molar-refractivity contribution in [1.82, 2.24) is 14.5 Å². The van der Waals surface area contributed by atoms with Crippen molar-refractivity contribution in [2.75, 3.05) is 18.9 Å². The average molecular weight is 371 g/mol. The average Bonchev–Trinajstić information content (AvgIpc) is 2.92. The number of halogens is 3. The Morgan fingerprint density at radius 1 is 1.38 bits per heavy atom. The number of rotatable bonds is 7. The van der Waals surface area contributed by atoms with E-state index >= 15 is 0 Å². The Kier molecular flexibility index (Phi) is 5.93. The van der Waals surface area contributed by atoms with Crippen molar-refractivity contribution in [3.8, 4) is 0 Å². The molecule has 1 aromatic carbocycles. The van der Waals surface area contributed by atoms with Gasteiger partial charge in [-0.25, -0.2) is 4.98 Å². The Bertz CT molecular complexity index is 791. The molecule has 0 aliphatic rings. The number of nitrogens with zero attached hydrogens (tertiary/aromatic N) is 4. The summed E-state index contributed by atoms with van der Waals surface area (Å²) in [7, 11) is 1.53. The number of alkyl halides is 3. The first kappa shape index (κ1) is 19.4. The van der Waals surface area contributed by atoms with Crippen molar-refractivity contribution in [3.05, 3.63) is 52.6 Å². The monoisotopic (exact) mass is 371 g/mol. The number of benzene rings is 1. The van der Waals surface area contributed by atoms with Crippen molar-refractivity contribution in [2.24, 2.45) is 0 Å². The van der Waals surface area contributed by atoms with Crippen LogP contribution in [0.1, 0.15) is 5.82 Å². The van der Waals surface area contributed by atoms with E-state index < -0.39 is 23.6 Å². The summed E-state index contributed by atoms with van der Waals surface area (Å²) in [5.74, 6) is -0.376. The van der Waals surface area contributed by atoms with Gasteiger partial charge in [0.2, 0.25) is 5.91 Å². The number of para-hydroxylation sites is 2. The predicted molar refractivity (Wildman–Crippen MR) is 86.3 cm³/mol. The first-order valence-electron chi connectivity index (χ1n) is 7.44. The quantitative estimate of drug-likeness (QED) is 0.596. The van der Waals surface area contributed by atoms with Gasteiger partial charge >= 0.3 is 6.18 Å². The van der Waals surface area contributed by atoms with E-state index in [9.17, 15) is 28.1 Å². The predicted octanol–water partition coefficient (Wildman–Crippen LogP) is 2.42. The van der Waals surface area contributed by atoms with E-state index in [0.29, 0.717) is 0 Å². The van der Waals surface area contributed by atoms with Gasteiger partial charge in [0.25, 0.3) is 5.69 Å². The Morgan fingerprint density at radius 2 is 2.08 bits per heavy atom. The minimum absolute atomic E-state index is 0.00732. The van der Waals surface area contributed by atoms with Crippen LogP contribution in [-0.4, -0.2) is 45.1 Å². The number of aromatic nitrogens is 2. The normalized spacial score (nSPS) is 11.6. The maximum Gasteiger partial charge on any atom is 0.406 e. The standard InChI is InChI=1S/C15H16F3N5O3/c1-21(8-13-19-6-7-22(13)10-15(16,17)18)9-14(24)20-11-4-2-3-5-12(11)23(25)26/h2-7H,8-10H2,1H3,(H,20,24). The lowest BCUT2D eigenvalue weighted by Gasteiger charge is -2.17. The molecule has 0 aliphatic carbocycles. The van der Waals surface area contributed by atoms with E-state index in [1.165, 1.54) is 42.5 Å². The van der Waals surface area contributed by atoms with Crippen molar-refractivity contribution in [3.63, 3.8) is 0 Å². The summed E-state index contributed by atoms with van der Waals surface area (Å²) in [4.78, 5) is 27.7. The fourth-order valence-electron chi connectivity index (χ4n) is 2.30. The van der Waals surface area contributed by atoms with Gasteiger partial charge in [-0.3, -0.25) is 19.8 Å². The molecule has 26 heavy (non-hydrogen) atoms. The SMILES string of the molecule is CN(CC(=O)Nc1ccccc1[N+](=O)[O-])Cc1nccn1CC(F)(F)F. The lowest BCUT2D eigenvalue weighted by atomic mass is 10.2. The zero-order valence-corrected chi connectivity index (χ0v) is 13.7. The number of amides is 1. The van der Waals surface area contributed by atoms with Crippen molar-refractivity contribution >= 4 is 17.3 Å². The highest BCUT2D eigenvalue weighted by Crippen LogP contribution is 2.23. The van der Waals surface area contributed by atoms with E-state index in [1.54, 1.807) is 6.07 Å². The zero-order valence-electron chi connectivity index (χ0n) is 13.7. The molecule has 1 N–H and O–H groups in total. The summed E-state index contributed by atoms with van der Waals surface area (Å²) in [5.41, 5.74) is -0.196. The molecular weight excluding hydrogens is 355 g/mol. The van der Waals surface area contributed by atoms with Crippen molar-refractivity contribution < 1.29 is 22.9 Å². The molecule has 0 fully saturated rings. The summed E-state index contributed by atoms with van der Waals surface area (Å²) < 4.78 is 38.5. The number of nitro benzene ring substituents is 1. The lowest BCUT2D eigenvalue weighted by molar-refractivity contribution is -0.383. The van der Waals surface area contributed by atoms with Gasteiger partial charge in [-0.15, -0.1) is 0 Å². The number of imidazole rings is 1. The lowest BCUT2D eigenvalue weighted by Crippen LogP contribution is -2.31. The van der Waals surface area contributed by atoms with Gasteiger partial charge in [-0.05, 0) is 13.1 Å². The molecule has 1 heterocycles. The number of nitro groups is 1. The van der Waals surface area contributed by atoms with Gasteiger partial charge in [0.15, 0.2) is 0 Å². The van der Waals surface area contributed by atoms with E-state index in [-0.39, 0.29) is 30.3 Å². The second-order valence-corrected chi connectivity index (χ2v) is 5.58. The smallest absolute Gasteiger partial charge is 0.325 e. The van der Waals surface area contributed by atoms with Gasteiger partial charge in [0, 0.05) is 18.5 Å². The van der Waals surface area contributed by atoms with E-state index in [0.717, 1.165) is 4.57 Å². The minimum Gasteiger partial charge on any atom is -0.325 e. The van der Waals surface area contributed by atoms with Crippen LogP contribution < -0.4 is 5.32 Å². The molecule has 0 spiro atoms. The Labute approximate surface area is 146 Å². The highest BCUT2D eigenvalue weighted by atomic mass is 19.4. The van der Waals surface area contributed by atoms with Gasteiger partial charge in [-0.1, -0.05) is 12.1 Å². The highest BCUT2D eigenvalue weighted by molar-refractivity contribution is 5.94. The topological polar surface area (TPSA) is 93.3 Å². The maximum absolute atomic E-state index is 12.5. The number of carbonyl (C=O) groups is 1. The fourth-order valence-corrected chi connectivity index (χ4v) is 2.30. The van der Waals surface area contributed by atoms with Gasteiger partial charge in [0.1, 0.15) is 18.1 Å². The molecule has 1 amide bonds. The molecule has 0 radical (unpaired) electrons. The molecule has 140 valence electrons. The van der Waals surface area contributed by atoms with Crippen LogP contribution in [0.4, 0.5) is 24.5 Å². The molecule has 0 unspecified atom stereocenters. The van der Waals surface area contributed by atoms with Crippen LogP contribution in [0.25, 0.3) is 0 Å². The summed E-state index contributed by atoms with van der Waals surface area (Å²) >= 11 is 0. The molecular formula is C15H16F3N5O3. The molecule has 2 rings (SSSR count). The summed E-state index contributed by atoms with van der Waals surface area (Å²) in [6, 6.07) is 5.67. The second kappa shape index (κ2) is 7.95. The number of anilines is 1. The maximum atomic E-state index is 12.5. The molecule has 0 aliphatic heterocycles. The van der Waals surface area contributed by atoms with Crippen LogP contribution in [0, 0.1) is 10.1 Å². The molecule has 0 saturated heterocycles. The van der Waals surface area contributed by atoms with Crippen LogP contribution in [0.3, 0.4) is 0 Å². The first-order valence-corrected chi connectivity index (χ1v) is 7.44. The Hall–Kier alpha value is -2.95. The molecule has 0 atom stereocenters. The molecule has 1 aromatic heterocycles. The van der Waals surface area contributed by atoms with Gasteiger partial charge in [-0.2, -0.15) is 13.2 Å². The molecule has 2 aromatic rings. The number of hydrogen-bond donors (Lipinski definition) is 1. The van der Waals surface area contributed by atoms with E-state index in [1.807, 2.05) is 0 Å². The number of likely N-dealkylation sites (N-methyl/N-ethyl adjacent to an activating group) is 1. The number of carbonyl (C=O) groups excluding carboxylic acids is 1. The van der Waals surface area contributed by atoms with Gasteiger partial charge < -0.3 is 9.88 Å². The molecule has 11 heteroatoms. The summed E-state index contributed by atoms with van der Waals surface area (Å²) in [6.07, 6.45) is -1.91. The van der Waals surface area contributed by atoms with Crippen LogP contribution in [0.2, 0.25) is 0 Å². The Balaban J connectivity index is 1.97. The van der Waals surface area contributed by atoms with Gasteiger partial charge in [0.05, 0.1) is 18.0 Å². The zero-order chi connectivity index (χ0) is 19.3. The first-order chi connectivity index (χ1) is 12.2. The Morgan fingerprint density at radius 3 is 2.73 bits per heavy atom. The number of hydrogen-bond acceptors (Lipinski definition) is 5. The van der Waals surface area contributed by atoms with Crippen LogP contribution >= 0.6 is 0 Å². The number of nitrogens with one attached hydrogen (secondary N) is 1. The van der Waals surface area contributed by atoms with Crippen LogP contribution in [-0.2, 0) is 17.9 Å². The highest BCUT2D eigenvalue weighted by Gasteiger charge is 2.29. The van der Waals surface area contributed by atoms with Crippen molar-refractivity contribution in [2.45, 2.75) is 19.3 Å². The van der Waals surface area contributed by atoms with Crippen LogP contribution in [0.15, 0.2) is 36.7 Å². The summed E-state index contributed by atoms with van der Waals surface area (Å²) in [5, 5.41) is 13.4. The third kappa shape index (κ3) is 5.55. The molecule has 0 bridgehead atoms. The second-order valence-electron chi connectivity index (χ2n) is 5.58. The fraction of sp³-hybridized carbons (Fsp3) is 0.333.